The van der Waals surface area contributed by atoms with Gasteiger partial charge in [0.15, 0.2) is 5.58 Å². The molecule has 0 bridgehead atoms. The van der Waals surface area contributed by atoms with Crippen molar-refractivity contribution in [3.63, 3.8) is 0 Å². The van der Waals surface area contributed by atoms with Gasteiger partial charge in [0.05, 0.1) is 0 Å². The number of anilines is 3. The van der Waals surface area contributed by atoms with E-state index in [9.17, 15) is 0 Å². The van der Waals surface area contributed by atoms with E-state index in [1.54, 1.807) is 0 Å². The van der Waals surface area contributed by atoms with E-state index in [1.807, 2.05) is 60.7 Å². The van der Waals surface area contributed by atoms with Crippen molar-refractivity contribution in [2.75, 3.05) is 4.90 Å². The normalized spacial score (nSPS) is 11.7. The number of oxazole rings is 1. The quantitative estimate of drug-likeness (QED) is 0.173. The molecule has 5 heteroatoms. The van der Waals surface area contributed by atoms with E-state index >= 15 is 0 Å². The van der Waals surface area contributed by atoms with Crippen LogP contribution in [-0.4, -0.2) is 4.98 Å². The fourth-order valence-corrected chi connectivity index (χ4v) is 7.71. The van der Waals surface area contributed by atoms with Crippen LogP contribution in [0.4, 0.5) is 17.1 Å². The Morgan fingerprint density at radius 1 is 0.352 bits per heavy atom. The number of hydrogen-bond acceptors (Lipinski definition) is 5. The summed E-state index contributed by atoms with van der Waals surface area (Å²) in [6, 6.07) is 62.9. The van der Waals surface area contributed by atoms with Crippen LogP contribution in [0.1, 0.15) is 0 Å². The maximum atomic E-state index is 6.57. The van der Waals surface area contributed by atoms with E-state index in [4.69, 9.17) is 18.2 Å². The lowest BCUT2D eigenvalue weighted by atomic mass is 10.00. The molecule has 0 spiro atoms. The minimum absolute atomic E-state index is 0.575. The van der Waals surface area contributed by atoms with Gasteiger partial charge < -0.3 is 18.2 Å². The average Bonchev–Trinajstić information content (AvgIpc) is 3.95. The van der Waals surface area contributed by atoms with Crippen LogP contribution in [0.5, 0.6) is 0 Å². The van der Waals surface area contributed by atoms with Gasteiger partial charge in [-0.1, -0.05) is 103 Å². The third-order valence-corrected chi connectivity index (χ3v) is 10.3. The van der Waals surface area contributed by atoms with Crippen molar-refractivity contribution in [3.05, 3.63) is 182 Å². The maximum Gasteiger partial charge on any atom is 0.228 e. The zero-order valence-corrected chi connectivity index (χ0v) is 28.9. The lowest BCUT2D eigenvalue weighted by Gasteiger charge is -2.25. The number of furan rings is 2. The van der Waals surface area contributed by atoms with Crippen molar-refractivity contribution in [2.45, 2.75) is 0 Å². The largest absolute Gasteiger partial charge is 0.456 e. The van der Waals surface area contributed by atoms with Crippen LogP contribution in [0.3, 0.4) is 0 Å². The van der Waals surface area contributed by atoms with Gasteiger partial charge in [0.2, 0.25) is 5.89 Å². The van der Waals surface area contributed by atoms with E-state index < -0.39 is 0 Å². The molecule has 0 amide bonds. The molecule has 0 unspecified atom stereocenters. The number of fused-ring (bicyclic) bond motifs is 7. The lowest BCUT2D eigenvalue weighted by Crippen LogP contribution is -2.09. The number of benzene rings is 8. The van der Waals surface area contributed by atoms with Gasteiger partial charge >= 0.3 is 0 Å². The van der Waals surface area contributed by atoms with Gasteiger partial charge in [-0.15, -0.1) is 0 Å². The van der Waals surface area contributed by atoms with E-state index in [1.165, 1.54) is 11.1 Å². The molecule has 3 heterocycles. The van der Waals surface area contributed by atoms with Gasteiger partial charge in [0, 0.05) is 50.2 Å². The molecule has 0 aliphatic carbocycles. The zero-order chi connectivity index (χ0) is 35.6. The van der Waals surface area contributed by atoms with Gasteiger partial charge in [-0.05, 0) is 95.1 Å². The average molecular weight is 695 g/mol. The molecule has 11 aromatic rings. The number of hydrogen-bond donors (Lipinski definition) is 0. The Bertz CT molecular complexity index is 3120. The molecule has 0 radical (unpaired) electrons. The smallest absolute Gasteiger partial charge is 0.228 e. The topological polar surface area (TPSA) is 55.6 Å². The van der Waals surface area contributed by atoms with Crippen LogP contribution < -0.4 is 4.90 Å². The summed E-state index contributed by atoms with van der Waals surface area (Å²) in [5, 5.41) is 4.13. The van der Waals surface area contributed by atoms with Crippen LogP contribution in [0.15, 0.2) is 195 Å². The first-order valence-corrected chi connectivity index (χ1v) is 18.0. The first-order chi connectivity index (χ1) is 26.7. The Morgan fingerprint density at radius 3 is 1.74 bits per heavy atom. The van der Waals surface area contributed by atoms with E-state index in [-0.39, 0.29) is 0 Å². The summed E-state index contributed by atoms with van der Waals surface area (Å²) in [6.07, 6.45) is 0. The van der Waals surface area contributed by atoms with E-state index in [2.05, 4.69) is 126 Å². The Kier molecular flexibility index (Phi) is 6.79. The van der Waals surface area contributed by atoms with Crippen LogP contribution in [0.2, 0.25) is 0 Å². The molecule has 0 aliphatic rings. The molecule has 0 fully saturated rings. The monoisotopic (exact) mass is 694 g/mol. The summed E-state index contributed by atoms with van der Waals surface area (Å²) < 4.78 is 19.0. The number of aromatic nitrogens is 1. The zero-order valence-electron chi connectivity index (χ0n) is 28.9. The molecule has 0 saturated heterocycles. The van der Waals surface area contributed by atoms with Gasteiger partial charge in [-0.25, -0.2) is 4.98 Å². The van der Waals surface area contributed by atoms with Gasteiger partial charge in [0.25, 0.3) is 0 Å². The second-order valence-electron chi connectivity index (χ2n) is 13.6. The van der Waals surface area contributed by atoms with Gasteiger partial charge in [0.1, 0.15) is 27.8 Å². The predicted octanol–water partition coefficient (Wildman–Crippen LogP) is 14.1. The molecular formula is C49H30N2O3. The summed E-state index contributed by atoms with van der Waals surface area (Å²) >= 11 is 0. The summed E-state index contributed by atoms with van der Waals surface area (Å²) in [4.78, 5) is 7.09. The van der Waals surface area contributed by atoms with Crippen LogP contribution >= 0.6 is 0 Å². The fraction of sp³-hybridized carbons (Fsp3) is 0. The van der Waals surface area contributed by atoms with Crippen molar-refractivity contribution >= 4 is 72.0 Å². The third kappa shape index (κ3) is 4.98. The first kappa shape index (κ1) is 30.3. The highest BCUT2D eigenvalue weighted by molar-refractivity contribution is 6.13. The maximum absolute atomic E-state index is 6.57. The summed E-state index contributed by atoms with van der Waals surface area (Å²) in [6.45, 7) is 0. The molecular weight excluding hydrogens is 665 g/mol. The van der Waals surface area contributed by atoms with E-state index in [0.29, 0.717) is 5.89 Å². The second-order valence-corrected chi connectivity index (χ2v) is 13.6. The van der Waals surface area contributed by atoms with Crippen LogP contribution in [0, 0.1) is 0 Å². The molecule has 254 valence electrons. The molecule has 0 aliphatic heterocycles. The summed E-state index contributed by atoms with van der Waals surface area (Å²) in [7, 11) is 0. The Hall–Kier alpha value is -7.37. The number of rotatable bonds is 6. The van der Waals surface area contributed by atoms with Gasteiger partial charge in [-0.2, -0.15) is 0 Å². The van der Waals surface area contributed by atoms with Crippen molar-refractivity contribution in [1.82, 2.24) is 4.98 Å². The standard InChI is InChI=1S/C49H30N2O3/c1-2-9-31(10-3-1)32-17-19-33(20-18-32)34-21-23-35(24-22-34)51(36-26-28-44-41(29-36)38-11-4-6-14-43(38)52-44)37-25-27-39-47(30-37)53-46-16-8-12-40(48(39)46)49-50-42-13-5-7-15-45(42)54-49/h1-30H. The second kappa shape index (κ2) is 12.1. The predicted molar refractivity (Wildman–Crippen MR) is 220 cm³/mol. The highest BCUT2D eigenvalue weighted by Crippen LogP contribution is 2.43. The van der Waals surface area contributed by atoms with Gasteiger partial charge in [-0.3, -0.25) is 0 Å². The third-order valence-electron chi connectivity index (χ3n) is 10.3. The molecule has 11 rings (SSSR count). The molecule has 0 atom stereocenters. The van der Waals surface area contributed by atoms with E-state index in [0.717, 1.165) is 88.7 Å². The molecule has 0 saturated carbocycles. The molecule has 3 aromatic heterocycles. The van der Waals surface area contributed by atoms with Crippen molar-refractivity contribution in [3.8, 4) is 33.7 Å². The fourth-order valence-electron chi connectivity index (χ4n) is 7.71. The lowest BCUT2D eigenvalue weighted by molar-refractivity contribution is 0.620. The molecule has 0 N–H and O–H groups in total. The highest BCUT2D eigenvalue weighted by Gasteiger charge is 2.20. The molecule has 5 nitrogen and oxygen atoms in total. The first-order valence-electron chi connectivity index (χ1n) is 18.0. The van der Waals surface area contributed by atoms with Crippen molar-refractivity contribution in [2.24, 2.45) is 0 Å². The minimum atomic E-state index is 0.575. The number of nitrogens with zero attached hydrogens (tertiary/aromatic N) is 2. The molecule has 8 aromatic carbocycles. The Balaban J connectivity index is 1.03. The van der Waals surface area contributed by atoms with Crippen LogP contribution in [-0.2, 0) is 0 Å². The SMILES string of the molecule is c1ccc(-c2ccc(-c3ccc(N(c4ccc5c(c4)oc4cccc(-c6nc7ccccc7o6)c45)c4ccc5oc6ccccc6c5c4)cc3)cc2)cc1. The summed E-state index contributed by atoms with van der Waals surface area (Å²) in [5.41, 5.74) is 13.5. The number of para-hydroxylation sites is 3. The van der Waals surface area contributed by atoms with Crippen LogP contribution in [0.25, 0.3) is 88.7 Å². The van der Waals surface area contributed by atoms with Crippen molar-refractivity contribution < 1.29 is 13.3 Å². The molecule has 54 heavy (non-hydrogen) atoms. The summed E-state index contributed by atoms with van der Waals surface area (Å²) in [5.74, 6) is 0.575. The Labute approximate surface area is 309 Å². The minimum Gasteiger partial charge on any atom is -0.456 e. The highest BCUT2D eigenvalue weighted by atomic mass is 16.4. The van der Waals surface area contributed by atoms with Crippen molar-refractivity contribution in [1.29, 1.82) is 0 Å². The Morgan fingerprint density at radius 2 is 0.944 bits per heavy atom.